The minimum Gasteiger partial charge on any atom is -0.496 e. The molecule has 0 radical (unpaired) electrons. The Balaban J connectivity index is 1.65. The topological polar surface area (TPSA) is 95.5 Å². The van der Waals surface area contributed by atoms with Gasteiger partial charge in [-0.25, -0.2) is 9.79 Å². The molecule has 1 aromatic carbocycles. The van der Waals surface area contributed by atoms with Crippen molar-refractivity contribution in [2.24, 2.45) is 4.99 Å². The smallest absolute Gasteiger partial charge is 0.338 e. The Hall–Kier alpha value is -3.15. The van der Waals surface area contributed by atoms with Crippen LogP contribution in [0.1, 0.15) is 38.1 Å². The summed E-state index contributed by atoms with van der Waals surface area (Å²) < 4.78 is 25.4. The summed E-state index contributed by atoms with van der Waals surface area (Å²) in [5.74, 6) is 1.31. The van der Waals surface area contributed by atoms with Crippen molar-refractivity contribution in [2.45, 2.75) is 32.9 Å². The lowest BCUT2D eigenvalue weighted by molar-refractivity contribution is -0.143. The van der Waals surface area contributed by atoms with Crippen molar-refractivity contribution in [1.82, 2.24) is 4.57 Å². The van der Waals surface area contributed by atoms with Crippen LogP contribution in [0.25, 0.3) is 6.08 Å². The van der Waals surface area contributed by atoms with E-state index in [1.54, 1.807) is 40.0 Å². The Morgan fingerprint density at radius 1 is 1.24 bits per heavy atom. The van der Waals surface area contributed by atoms with E-state index in [9.17, 15) is 9.59 Å². The largest absolute Gasteiger partial charge is 0.496 e. The molecule has 1 atom stereocenters. The lowest BCUT2D eigenvalue weighted by Crippen LogP contribution is -2.40. The van der Waals surface area contributed by atoms with E-state index < -0.39 is 12.0 Å². The zero-order valence-electron chi connectivity index (χ0n) is 21.5. The van der Waals surface area contributed by atoms with Crippen molar-refractivity contribution in [1.29, 1.82) is 0 Å². The fraction of sp³-hybridized carbons (Fsp3) is 0.370. The van der Waals surface area contributed by atoms with Gasteiger partial charge in [-0.3, -0.25) is 9.36 Å². The second-order valence-corrected chi connectivity index (χ2v) is 11.1. The number of fused-ring (bicyclic) bond motifs is 1. The third-order valence-electron chi connectivity index (χ3n) is 6.28. The summed E-state index contributed by atoms with van der Waals surface area (Å²) in [6.07, 6.45) is 1.38. The SMILES string of the molecule is COc1ccc(Br)cc1[C@H]1C(C(=O)OC(C)C)=C(C)N=c2s/c(=C\c3ccc(N4CCOCC4)o3)c(=O)n21. The van der Waals surface area contributed by atoms with Crippen LogP contribution in [-0.4, -0.2) is 50.1 Å². The van der Waals surface area contributed by atoms with Crippen LogP contribution >= 0.6 is 27.3 Å². The van der Waals surface area contributed by atoms with E-state index in [0.29, 0.717) is 50.9 Å². The van der Waals surface area contributed by atoms with Crippen molar-refractivity contribution >= 4 is 45.2 Å². The molecule has 2 aliphatic heterocycles. The van der Waals surface area contributed by atoms with Gasteiger partial charge in [0.2, 0.25) is 0 Å². The van der Waals surface area contributed by atoms with Crippen LogP contribution in [0.2, 0.25) is 0 Å². The van der Waals surface area contributed by atoms with Crippen LogP contribution < -0.4 is 24.5 Å². The number of hydrogen-bond acceptors (Lipinski definition) is 9. The van der Waals surface area contributed by atoms with E-state index in [-0.39, 0.29) is 11.7 Å². The highest BCUT2D eigenvalue weighted by Crippen LogP contribution is 2.37. The molecule has 0 aliphatic carbocycles. The van der Waals surface area contributed by atoms with Gasteiger partial charge in [-0.15, -0.1) is 0 Å². The van der Waals surface area contributed by atoms with Gasteiger partial charge in [-0.2, -0.15) is 0 Å². The first-order valence-corrected chi connectivity index (χ1v) is 13.9. The van der Waals surface area contributed by atoms with E-state index in [1.807, 2.05) is 24.3 Å². The van der Waals surface area contributed by atoms with Crippen LogP contribution in [0.5, 0.6) is 5.75 Å². The number of aromatic nitrogens is 1. The van der Waals surface area contributed by atoms with Gasteiger partial charge >= 0.3 is 5.97 Å². The second-order valence-electron chi connectivity index (χ2n) is 9.20. The Bertz CT molecular complexity index is 1580. The molecular weight excluding hydrogens is 574 g/mol. The number of morpholine rings is 1. The lowest BCUT2D eigenvalue weighted by atomic mass is 9.95. The molecule has 3 aromatic rings. The third kappa shape index (κ3) is 5.10. The Kier molecular flexibility index (Phi) is 7.60. The maximum Gasteiger partial charge on any atom is 0.338 e. The molecule has 5 rings (SSSR count). The Morgan fingerprint density at radius 2 is 2.00 bits per heavy atom. The predicted octanol–water partition coefficient (Wildman–Crippen LogP) is 3.39. The molecule has 4 heterocycles. The monoisotopic (exact) mass is 601 g/mol. The number of methoxy groups -OCH3 is 1. The number of anilines is 1. The number of halogens is 1. The zero-order valence-corrected chi connectivity index (χ0v) is 23.9. The molecule has 38 heavy (non-hydrogen) atoms. The zero-order chi connectivity index (χ0) is 27.0. The first-order chi connectivity index (χ1) is 18.3. The normalized spacial score (nSPS) is 18.0. The number of furan rings is 1. The molecule has 0 amide bonds. The minimum absolute atomic E-state index is 0.285. The highest BCUT2D eigenvalue weighted by atomic mass is 79.9. The van der Waals surface area contributed by atoms with Gasteiger partial charge in [0, 0.05) is 35.3 Å². The Labute approximate surface area is 231 Å². The molecule has 2 aromatic heterocycles. The van der Waals surface area contributed by atoms with Gasteiger partial charge in [0.05, 0.1) is 42.2 Å². The number of carbonyl (C=O) groups excluding carboxylic acids is 1. The summed E-state index contributed by atoms with van der Waals surface area (Å²) in [5, 5.41) is 0. The molecule has 11 heteroatoms. The summed E-state index contributed by atoms with van der Waals surface area (Å²) >= 11 is 4.77. The fourth-order valence-corrected chi connectivity index (χ4v) is 5.98. The van der Waals surface area contributed by atoms with E-state index in [4.69, 9.17) is 18.6 Å². The summed E-state index contributed by atoms with van der Waals surface area (Å²) in [7, 11) is 1.56. The molecule has 1 saturated heterocycles. The average Bonchev–Trinajstić information content (AvgIpc) is 3.47. The Morgan fingerprint density at radius 3 is 2.71 bits per heavy atom. The lowest BCUT2D eigenvalue weighted by Gasteiger charge is -2.26. The number of benzene rings is 1. The highest BCUT2D eigenvalue weighted by molar-refractivity contribution is 9.10. The van der Waals surface area contributed by atoms with Gasteiger partial charge in [0.1, 0.15) is 17.6 Å². The predicted molar refractivity (Wildman–Crippen MR) is 147 cm³/mol. The van der Waals surface area contributed by atoms with Crippen LogP contribution in [0.4, 0.5) is 5.88 Å². The van der Waals surface area contributed by atoms with E-state index >= 15 is 0 Å². The minimum atomic E-state index is -0.785. The number of rotatable bonds is 6. The summed E-state index contributed by atoms with van der Waals surface area (Å²) in [6.45, 7) is 8.12. The average molecular weight is 603 g/mol. The molecule has 0 unspecified atom stereocenters. The number of thiazole rings is 1. The molecular formula is C27H28BrN3O6S. The van der Waals surface area contributed by atoms with Crippen LogP contribution in [0.15, 0.2) is 60.3 Å². The third-order valence-corrected chi connectivity index (χ3v) is 7.76. The number of ether oxygens (including phenoxy) is 3. The second kappa shape index (κ2) is 10.9. The molecule has 1 fully saturated rings. The molecule has 9 nitrogen and oxygen atoms in total. The molecule has 200 valence electrons. The first-order valence-electron chi connectivity index (χ1n) is 12.3. The maximum absolute atomic E-state index is 13.9. The van der Waals surface area contributed by atoms with Crippen LogP contribution in [0.3, 0.4) is 0 Å². The summed E-state index contributed by atoms with van der Waals surface area (Å²) in [5.41, 5.74) is 1.14. The molecule has 2 aliphatic rings. The number of esters is 1. The van der Waals surface area contributed by atoms with Crippen LogP contribution in [0, 0.1) is 0 Å². The molecule has 0 N–H and O–H groups in total. The van der Waals surface area contributed by atoms with Gasteiger partial charge in [0.15, 0.2) is 10.7 Å². The van der Waals surface area contributed by atoms with E-state index in [0.717, 1.165) is 23.4 Å². The van der Waals surface area contributed by atoms with Crippen LogP contribution in [-0.2, 0) is 14.3 Å². The number of nitrogens with zero attached hydrogens (tertiary/aromatic N) is 3. The maximum atomic E-state index is 13.9. The standard InChI is InChI=1S/C27H28BrN3O6S/c1-15(2)36-26(33)23-16(3)29-27-31(24(23)19-13-17(28)5-7-20(19)34-4)25(32)21(38-27)14-18-6-8-22(37-18)30-9-11-35-12-10-30/h5-8,13-15,24H,9-12H2,1-4H3/b21-14-/t24-/m0/s1. The molecule has 0 bridgehead atoms. The first kappa shape index (κ1) is 26.5. The van der Waals surface area contributed by atoms with Gasteiger partial charge in [-0.1, -0.05) is 27.3 Å². The summed E-state index contributed by atoms with van der Waals surface area (Å²) in [4.78, 5) is 34.4. The number of allylic oxidation sites excluding steroid dienone is 1. The molecule has 0 spiro atoms. The summed E-state index contributed by atoms with van der Waals surface area (Å²) in [6, 6.07) is 8.45. The van der Waals surface area contributed by atoms with Crippen molar-refractivity contribution < 1.29 is 23.4 Å². The number of hydrogen-bond donors (Lipinski definition) is 0. The molecule has 0 saturated carbocycles. The van der Waals surface area contributed by atoms with Gasteiger partial charge in [-0.05, 0) is 45.0 Å². The van der Waals surface area contributed by atoms with Crippen molar-refractivity contribution in [3.05, 3.63) is 77.1 Å². The quantitative estimate of drug-likeness (QED) is 0.400. The van der Waals surface area contributed by atoms with Crippen molar-refractivity contribution in [3.8, 4) is 5.75 Å². The van der Waals surface area contributed by atoms with Crippen molar-refractivity contribution in [2.75, 3.05) is 38.3 Å². The van der Waals surface area contributed by atoms with Gasteiger partial charge in [0.25, 0.3) is 5.56 Å². The van der Waals surface area contributed by atoms with Crippen molar-refractivity contribution in [3.63, 3.8) is 0 Å². The fourth-order valence-electron chi connectivity index (χ4n) is 4.58. The van der Waals surface area contributed by atoms with E-state index in [2.05, 4.69) is 25.8 Å². The van der Waals surface area contributed by atoms with E-state index in [1.165, 1.54) is 15.9 Å². The number of carbonyl (C=O) groups is 1. The van der Waals surface area contributed by atoms with Gasteiger partial charge < -0.3 is 23.5 Å². The highest BCUT2D eigenvalue weighted by Gasteiger charge is 2.35.